The molecule has 2 aliphatic rings. The molecule has 0 spiro atoms. The number of nitrogens with zero attached hydrogens (tertiary/aromatic N) is 3. The van der Waals surface area contributed by atoms with Gasteiger partial charge in [-0.3, -0.25) is 19.4 Å². The van der Waals surface area contributed by atoms with Crippen LogP contribution in [0.5, 0.6) is 0 Å². The number of benzene rings is 2. The Balaban J connectivity index is 1.65. The molecule has 0 unspecified atom stereocenters. The SMILES string of the molecule is O=C1c2cc(I)ccc2N(CCN2CCOCC2)C(=O)CN1c1ccc(Cl)cc1. The van der Waals surface area contributed by atoms with Crippen LogP contribution >= 0.6 is 34.2 Å². The Hall–Kier alpha value is -1.68. The van der Waals surface area contributed by atoms with Crippen LogP contribution in [0.2, 0.25) is 5.02 Å². The summed E-state index contributed by atoms with van der Waals surface area (Å²) in [6.07, 6.45) is 0. The Kier molecular flexibility index (Phi) is 6.38. The third-order valence-electron chi connectivity index (χ3n) is 5.20. The van der Waals surface area contributed by atoms with Crippen molar-refractivity contribution in [3.63, 3.8) is 0 Å². The van der Waals surface area contributed by atoms with Gasteiger partial charge in [0.05, 0.1) is 24.5 Å². The van der Waals surface area contributed by atoms with E-state index in [1.54, 1.807) is 29.2 Å². The standard InChI is InChI=1S/C21H21ClIN3O3/c22-15-1-4-17(5-2-15)26-14-20(27)25(8-7-24-9-11-29-12-10-24)19-6-3-16(23)13-18(19)21(26)28/h1-6,13H,7-12,14H2. The van der Waals surface area contributed by atoms with Gasteiger partial charge in [0.25, 0.3) is 5.91 Å². The first-order chi connectivity index (χ1) is 14.0. The molecular weight excluding hydrogens is 505 g/mol. The van der Waals surface area contributed by atoms with E-state index in [1.165, 1.54) is 4.90 Å². The van der Waals surface area contributed by atoms with Crippen molar-refractivity contribution in [2.75, 3.05) is 55.7 Å². The monoisotopic (exact) mass is 525 g/mol. The minimum atomic E-state index is -0.178. The molecular formula is C21H21ClIN3O3. The molecule has 2 amide bonds. The second kappa shape index (κ2) is 8.99. The molecule has 0 atom stereocenters. The lowest BCUT2D eigenvalue weighted by Crippen LogP contribution is -2.45. The third kappa shape index (κ3) is 4.58. The molecule has 0 aromatic heterocycles. The lowest BCUT2D eigenvalue weighted by atomic mass is 10.1. The number of carbonyl (C=O) groups excluding carboxylic acids is 2. The van der Waals surface area contributed by atoms with Crippen LogP contribution < -0.4 is 9.80 Å². The number of hydrogen-bond acceptors (Lipinski definition) is 4. The van der Waals surface area contributed by atoms with Gasteiger partial charge in [0.1, 0.15) is 6.54 Å². The fraction of sp³-hybridized carbons (Fsp3) is 0.333. The number of carbonyl (C=O) groups is 2. The molecule has 2 aromatic carbocycles. The normalized spacial score (nSPS) is 18.0. The summed E-state index contributed by atoms with van der Waals surface area (Å²) in [6, 6.07) is 12.6. The molecule has 0 aliphatic carbocycles. The summed E-state index contributed by atoms with van der Waals surface area (Å²) < 4.78 is 6.36. The zero-order chi connectivity index (χ0) is 20.4. The summed E-state index contributed by atoms with van der Waals surface area (Å²) in [4.78, 5) is 32.1. The third-order valence-corrected chi connectivity index (χ3v) is 6.12. The number of anilines is 2. The van der Waals surface area contributed by atoms with E-state index in [0.29, 0.717) is 41.7 Å². The topological polar surface area (TPSA) is 53.1 Å². The summed E-state index contributed by atoms with van der Waals surface area (Å²) >= 11 is 8.18. The summed E-state index contributed by atoms with van der Waals surface area (Å²) in [7, 11) is 0. The molecule has 2 aromatic rings. The zero-order valence-electron chi connectivity index (χ0n) is 15.8. The van der Waals surface area contributed by atoms with Crippen molar-refractivity contribution in [3.8, 4) is 0 Å². The molecule has 1 fully saturated rings. The van der Waals surface area contributed by atoms with Crippen LogP contribution in [0.15, 0.2) is 42.5 Å². The van der Waals surface area contributed by atoms with Crippen molar-refractivity contribution in [1.29, 1.82) is 0 Å². The van der Waals surface area contributed by atoms with Gasteiger partial charge in [0.2, 0.25) is 5.91 Å². The fourth-order valence-electron chi connectivity index (χ4n) is 3.63. The van der Waals surface area contributed by atoms with Crippen LogP contribution in [0.4, 0.5) is 11.4 Å². The highest BCUT2D eigenvalue weighted by Gasteiger charge is 2.32. The average molecular weight is 526 g/mol. The van der Waals surface area contributed by atoms with Gasteiger partial charge in [-0.25, -0.2) is 0 Å². The summed E-state index contributed by atoms with van der Waals surface area (Å²) in [5.41, 5.74) is 1.87. The van der Waals surface area contributed by atoms with Gasteiger partial charge < -0.3 is 9.64 Å². The number of morpholine rings is 1. The van der Waals surface area contributed by atoms with Crippen molar-refractivity contribution in [1.82, 2.24) is 4.90 Å². The van der Waals surface area contributed by atoms with E-state index in [2.05, 4.69) is 27.5 Å². The maximum Gasteiger partial charge on any atom is 0.260 e. The van der Waals surface area contributed by atoms with Gasteiger partial charge in [0, 0.05) is 40.5 Å². The number of ether oxygens (including phenoxy) is 1. The second-order valence-electron chi connectivity index (χ2n) is 7.03. The van der Waals surface area contributed by atoms with Crippen molar-refractivity contribution < 1.29 is 14.3 Å². The highest BCUT2D eigenvalue weighted by atomic mass is 127. The van der Waals surface area contributed by atoms with Gasteiger partial charge >= 0.3 is 0 Å². The van der Waals surface area contributed by atoms with Crippen molar-refractivity contribution in [2.24, 2.45) is 0 Å². The lowest BCUT2D eigenvalue weighted by molar-refractivity contribution is -0.117. The maximum atomic E-state index is 13.4. The van der Waals surface area contributed by atoms with E-state index < -0.39 is 0 Å². The first-order valence-corrected chi connectivity index (χ1v) is 11.0. The van der Waals surface area contributed by atoms with E-state index in [9.17, 15) is 9.59 Å². The van der Waals surface area contributed by atoms with Crippen LogP contribution in [-0.4, -0.2) is 62.7 Å². The molecule has 1 saturated heterocycles. The van der Waals surface area contributed by atoms with Crippen LogP contribution in [-0.2, 0) is 9.53 Å². The molecule has 8 heteroatoms. The number of halogens is 2. The Bertz CT molecular complexity index is 916. The molecule has 2 heterocycles. The van der Waals surface area contributed by atoms with E-state index >= 15 is 0 Å². The smallest absolute Gasteiger partial charge is 0.260 e. The first-order valence-electron chi connectivity index (χ1n) is 9.50. The molecule has 29 heavy (non-hydrogen) atoms. The van der Waals surface area contributed by atoms with Crippen LogP contribution in [0.1, 0.15) is 10.4 Å². The quantitative estimate of drug-likeness (QED) is 0.575. The van der Waals surface area contributed by atoms with Crippen molar-refractivity contribution >= 4 is 57.4 Å². The van der Waals surface area contributed by atoms with Gasteiger partial charge in [-0.15, -0.1) is 0 Å². The molecule has 0 bridgehead atoms. The number of rotatable bonds is 4. The average Bonchev–Trinajstić information content (AvgIpc) is 2.83. The largest absolute Gasteiger partial charge is 0.379 e. The van der Waals surface area contributed by atoms with E-state index in [0.717, 1.165) is 23.2 Å². The van der Waals surface area contributed by atoms with E-state index in [-0.39, 0.29) is 18.4 Å². The first kappa shape index (κ1) is 20.6. The van der Waals surface area contributed by atoms with Crippen molar-refractivity contribution in [3.05, 3.63) is 56.6 Å². The molecule has 4 rings (SSSR count). The van der Waals surface area contributed by atoms with Gasteiger partial charge in [-0.05, 0) is 65.1 Å². The fourth-order valence-corrected chi connectivity index (χ4v) is 4.25. The Labute approximate surface area is 188 Å². The summed E-state index contributed by atoms with van der Waals surface area (Å²) in [6.45, 7) is 4.42. The summed E-state index contributed by atoms with van der Waals surface area (Å²) in [5, 5.41) is 0.587. The number of amides is 2. The maximum absolute atomic E-state index is 13.4. The minimum Gasteiger partial charge on any atom is -0.379 e. The molecule has 0 saturated carbocycles. The molecule has 0 radical (unpaired) electrons. The molecule has 2 aliphatic heterocycles. The van der Waals surface area contributed by atoms with Gasteiger partial charge in [-0.1, -0.05) is 11.6 Å². The number of fused-ring (bicyclic) bond motifs is 1. The minimum absolute atomic E-state index is 0.00512. The second-order valence-corrected chi connectivity index (χ2v) is 8.71. The highest BCUT2D eigenvalue weighted by Crippen LogP contribution is 2.30. The molecule has 0 N–H and O–H groups in total. The van der Waals surface area contributed by atoms with Crippen LogP contribution in [0.3, 0.4) is 0 Å². The summed E-state index contributed by atoms with van der Waals surface area (Å²) in [5.74, 6) is -0.274. The van der Waals surface area contributed by atoms with Crippen LogP contribution in [0.25, 0.3) is 0 Å². The Morgan fingerprint density at radius 1 is 1.00 bits per heavy atom. The Morgan fingerprint density at radius 3 is 2.45 bits per heavy atom. The van der Waals surface area contributed by atoms with Gasteiger partial charge in [0.15, 0.2) is 0 Å². The van der Waals surface area contributed by atoms with Crippen LogP contribution in [0, 0.1) is 3.57 Å². The predicted octanol–water partition coefficient (Wildman–Crippen LogP) is 3.27. The highest BCUT2D eigenvalue weighted by molar-refractivity contribution is 14.1. The predicted molar refractivity (Wildman–Crippen MR) is 122 cm³/mol. The van der Waals surface area contributed by atoms with Gasteiger partial charge in [-0.2, -0.15) is 0 Å². The molecule has 152 valence electrons. The van der Waals surface area contributed by atoms with E-state index in [1.807, 2.05) is 18.2 Å². The Morgan fingerprint density at radius 2 is 1.72 bits per heavy atom. The van der Waals surface area contributed by atoms with Crippen molar-refractivity contribution in [2.45, 2.75) is 0 Å². The molecule has 6 nitrogen and oxygen atoms in total. The van der Waals surface area contributed by atoms with E-state index in [4.69, 9.17) is 16.3 Å². The zero-order valence-corrected chi connectivity index (χ0v) is 18.7. The lowest BCUT2D eigenvalue weighted by Gasteiger charge is -2.30. The number of hydrogen-bond donors (Lipinski definition) is 0.